The SMILES string of the molecule is Cn1cc(-c2cc(-c3ccc(N4C[C@@H]5[C@@H](CNC(=O)c6cc(F)ccc6Cl)[C@@H]5C4)nc3)c3c(C#N)cnn3c2)cn1. The van der Waals surface area contributed by atoms with Crippen LogP contribution in [0.25, 0.3) is 27.8 Å². The van der Waals surface area contributed by atoms with E-state index in [0.717, 1.165) is 52.7 Å². The van der Waals surface area contributed by atoms with Gasteiger partial charge in [-0.05, 0) is 54.2 Å². The Balaban J connectivity index is 1.05. The van der Waals surface area contributed by atoms with E-state index in [1.54, 1.807) is 21.6 Å². The lowest BCUT2D eigenvalue weighted by atomic mass is 10.0. The smallest absolute Gasteiger partial charge is 0.252 e. The predicted molar refractivity (Wildman–Crippen MR) is 152 cm³/mol. The lowest BCUT2D eigenvalue weighted by molar-refractivity contribution is 0.0950. The third-order valence-electron chi connectivity index (χ3n) is 8.20. The topological polar surface area (TPSA) is 104 Å². The molecule has 0 radical (unpaired) electrons. The first kappa shape index (κ1) is 25.2. The maximum absolute atomic E-state index is 13.5. The molecular formula is C30H24ClFN8O. The highest BCUT2D eigenvalue weighted by atomic mass is 35.5. The van der Waals surface area contributed by atoms with Gasteiger partial charge >= 0.3 is 0 Å². The summed E-state index contributed by atoms with van der Waals surface area (Å²) < 4.78 is 17.0. The van der Waals surface area contributed by atoms with Gasteiger partial charge in [-0.1, -0.05) is 11.6 Å². The second-order valence-electron chi connectivity index (χ2n) is 10.6. The normalized spacial score (nSPS) is 19.3. The van der Waals surface area contributed by atoms with Gasteiger partial charge in [-0.15, -0.1) is 0 Å². The number of aromatic nitrogens is 5. The molecule has 7 rings (SSSR count). The molecule has 3 atom stereocenters. The summed E-state index contributed by atoms with van der Waals surface area (Å²) >= 11 is 6.07. The molecule has 5 heterocycles. The van der Waals surface area contributed by atoms with Crippen LogP contribution in [0.4, 0.5) is 10.2 Å². The van der Waals surface area contributed by atoms with Gasteiger partial charge in [-0.3, -0.25) is 9.48 Å². The molecular weight excluding hydrogens is 543 g/mol. The lowest BCUT2D eigenvalue weighted by Gasteiger charge is -2.21. The standard InChI is InChI=1S/C30H24ClFN8O/c1-38-13-20(11-36-38)18-6-22(29-19(8-33)10-37-40(29)14-18)17-2-5-28(34-9-17)39-15-25-24(26(25)16-39)12-35-30(41)23-7-21(32)3-4-27(23)31/h2-7,9-11,13-14,24-26H,12,15-16H2,1H3,(H,35,41)/t24-,25-,26+. The summed E-state index contributed by atoms with van der Waals surface area (Å²) in [5.41, 5.74) is 5.05. The molecule has 11 heteroatoms. The second kappa shape index (κ2) is 9.71. The molecule has 9 nitrogen and oxygen atoms in total. The highest BCUT2D eigenvalue weighted by molar-refractivity contribution is 6.33. The molecule has 1 amide bonds. The van der Waals surface area contributed by atoms with Gasteiger partial charge in [0.15, 0.2) is 0 Å². The van der Waals surface area contributed by atoms with Gasteiger partial charge in [0.25, 0.3) is 5.91 Å². The first-order chi connectivity index (χ1) is 19.9. The molecule has 1 N–H and O–H groups in total. The zero-order valence-corrected chi connectivity index (χ0v) is 22.8. The first-order valence-corrected chi connectivity index (χ1v) is 13.6. The van der Waals surface area contributed by atoms with Gasteiger partial charge in [0.2, 0.25) is 0 Å². The fourth-order valence-corrected chi connectivity index (χ4v) is 6.20. The molecule has 4 aromatic heterocycles. The van der Waals surface area contributed by atoms with E-state index in [0.29, 0.717) is 29.9 Å². The van der Waals surface area contributed by atoms with Crippen LogP contribution in [-0.2, 0) is 7.05 Å². The highest BCUT2D eigenvalue weighted by Crippen LogP contribution is 2.52. The Morgan fingerprint density at radius 3 is 2.61 bits per heavy atom. The summed E-state index contributed by atoms with van der Waals surface area (Å²) in [6, 6.07) is 12.1. The number of hydrogen-bond donors (Lipinski definition) is 1. The van der Waals surface area contributed by atoms with Crippen LogP contribution in [0.1, 0.15) is 15.9 Å². The van der Waals surface area contributed by atoms with Gasteiger partial charge in [0.05, 0.1) is 34.1 Å². The minimum atomic E-state index is -0.488. The number of piperidine rings is 1. The van der Waals surface area contributed by atoms with Gasteiger partial charge in [-0.2, -0.15) is 15.5 Å². The van der Waals surface area contributed by atoms with Crippen LogP contribution < -0.4 is 10.2 Å². The summed E-state index contributed by atoms with van der Waals surface area (Å²) in [5, 5.41) is 21.5. The lowest BCUT2D eigenvalue weighted by Crippen LogP contribution is -2.31. The summed E-state index contributed by atoms with van der Waals surface area (Å²) in [4.78, 5) is 19.5. The minimum absolute atomic E-state index is 0.157. The second-order valence-corrected chi connectivity index (χ2v) is 11.1. The van der Waals surface area contributed by atoms with Crippen LogP contribution in [0.2, 0.25) is 5.02 Å². The van der Waals surface area contributed by atoms with Gasteiger partial charge in [0, 0.05) is 67.5 Å². The van der Waals surface area contributed by atoms with Crippen molar-refractivity contribution in [3.05, 3.63) is 89.3 Å². The molecule has 1 aliphatic carbocycles. The number of pyridine rings is 2. The van der Waals surface area contributed by atoms with E-state index < -0.39 is 5.82 Å². The quantitative estimate of drug-likeness (QED) is 0.323. The molecule has 0 unspecified atom stereocenters. The summed E-state index contributed by atoms with van der Waals surface area (Å²) in [7, 11) is 1.87. The van der Waals surface area contributed by atoms with Gasteiger partial charge in [-0.25, -0.2) is 13.9 Å². The van der Waals surface area contributed by atoms with Crippen molar-refractivity contribution in [2.75, 3.05) is 24.5 Å². The van der Waals surface area contributed by atoms with E-state index in [2.05, 4.69) is 26.5 Å². The molecule has 41 heavy (non-hydrogen) atoms. The minimum Gasteiger partial charge on any atom is -0.356 e. The van der Waals surface area contributed by atoms with Crippen molar-refractivity contribution >= 4 is 28.8 Å². The number of rotatable bonds is 6. The summed E-state index contributed by atoms with van der Waals surface area (Å²) in [6.07, 6.45) is 9.07. The largest absolute Gasteiger partial charge is 0.356 e. The van der Waals surface area contributed by atoms with E-state index in [1.165, 1.54) is 12.1 Å². The summed E-state index contributed by atoms with van der Waals surface area (Å²) in [6.45, 7) is 2.26. The number of nitrogens with one attached hydrogen (secondary N) is 1. The number of amides is 1. The number of benzene rings is 1. The number of carbonyl (C=O) groups is 1. The molecule has 1 saturated heterocycles. The number of carbonyl (C=O) groups excluding carboxylic acids is 1. The van der Waals surface area contributed by atoms with Crippen LogP contribution >= 0.6 is 11.6 Å². The van der Waals surface area contributed by atoms with E-state index >= 15 is 0 Å². The zero-order valence-electron chi connectivity index (χ0n) is 22.0. The Hall–Kier alpha value is -4.75. The van der Waals surface area contributed by atoms with Crippen LogP contribution in [0.3, 0.4) is 0 Å². The number of hydrogen-bond acceptors (Lipinski definition) is 6. The number of nitriles is 1. The molecule has 0 bridgehead atoms. The molecule has 0 spiro atoms. The van der Waals surface area contributed by atoms with Crippen molar-refractivity contribution in [1.82, 2.24) is 29.7 Å². The molecule has 2 aliphatic rings. The van der Waals surface area contributed by atoms with Crippen molar-refractivity contribution in [2.24, 2.45) is 24.8 Å². The Labute approximate surface area is 239 Å². The third kappa shape index (κ3) is 4.48. The van der Waals surface area contributed by atoms with E-state index in [1.807, 2.05) is 43.8 Å². The van der Waals surface area contributed by atoms with Crippen LogP contribution in [0, 0.1) is 34.9 Å². The van der Waals surface area contributed by atoms with Gasteiger partial charge in [0.1, 0.15) is 17.7 Å². The van der Waals surface area contributed by atoms with E-state index in [9.17, 15) is 14.4 Å². The monoisotopic (exact) mass is 566 g/mol. The molecule has 1 aliphatic heterocycles. The van der Waals surface area contributed by atoms with Gasteiger partial charge < -0.3 is 10.2 Å². The summed E-state index contributed by atoms with van der Waals surface area (Å²) in [5.74, 6) is 1.38. The third-order valence-corrected chi connectivity index (χ3v) is 8.53. The molecule has 5 aromatic rings. The van der Waals surface area contributed by atoms with Crippen molar-refractivity contribution in [1.29, 1.82) is 5.26 Å². The Morgan fingerprint density at radius 2 is 1.90 bits per heavy atom. The Kier molecular flexibility index (Phi) is 5.98. The number of aryl methyl sites for hydroxylation is 1. The van der Waals surface area contributed by atoms with Crippen molar-refractivity contribution in [2.45, 2.75) is 0 Å². The van der Waals surface area contributed by atoms with Crippen molar-refractivity contribution in [3.63, 3.8) is 0 Å². The zero-order chi connectivity index (χ0) is 28.2. The predicted octanol–water partition coefficient (Wildman–Crippen LogP) is 4.57. The Morgan fingerprint density at radius 1 is 1.07 bits per heavy atom. The maximum atomic E-state index is 13.5. The number of nitrogens with zero attached hydrogens (tertiary/aromatic N) is 7. The fraction of sp³-hybridized carbons (Fsp3) is 0.233. The molecule has 2 fully saturated rings. The fourth-order valence-electron chi connectivity index (χ4n) is 6.00. The van der Waals surface area contributed by atoms with Crippen LogP contribution in [0.5, 0.6) is 0 Å². The average Bonchev–Trinajstić information content (AvgIpc) is 3.42. The molecule has 204 valence electrons. The first-order valence-electron chi connectivity index (χ1n) is 13.2. The maximum Gasteiger partial charge on any atom is 0.252 e. The number of fused-ring (bicyclic) bond motifs is 2. The number of halogens is 2. The van der Waals surface area contributed by atoms with Crippen molar-refractivity contribution in [3.8, 4) is 28.3 Å². The van der Waals surface area contributed by atoms with Crippen molar-refractivity contribution < 1.29 is 9.18 Å². The molecule has 1 saturated carbocycles. The number of anilines is 1. The van der Waals surface area contributed by atoms with E-state index in [4.69, 9.17) is 16.6 Å². The Bertz CT molecular complexity index is 1840. The van der Waals surface area contributed by atoms with Crippen LogP contribution in [0.15, 0.2) is 67.4 Å². The molecule has 1 aromatic carbocycles. The van der Waals surface area contributed by atoms with E-state index in [-0.39, 0.29) is 16.5 Å². The highest BCUT2D eigenvalue weighted by Gasteiger charge is 2.55. The van der Waals surface area contributed by atoms with Crippen LogP contribution in [-0.4, -0.2) is 49.9 Å². The average molecular weight is 567 g/mol.